The van der Waals surface area contributed by atoms with Crippen LogP contribution in [-0.4, -0.2) is 12.6 Å². The van der Waals surface area contributed by atoms with Gasteiger partial charge in [0.05, 0.1) is 12.5 Å². The SMILES string of the molecule is CC1CCC(NC(CN)c2ccoc2)C1. The molecule has 1 aromatic rings. The molecule has 1 aliphatic rings. The Morgan fingerprint density at radius 2 is 2.47 bits per heavy atom. The minimum Gasteiger partial charge on any atom is -0.472 e. The molecule has 1 saturated carbocycles. The van der Waals surface area contributed by atoms with E-state index in [2.05, 4.69) is 12.2 Å². The van der Waals surface area contributed by atoms with E-state index >= 15 is 0 Å². The number of hydrogen-bond acceptors (Lipinski definition) is 3. The van der Waals surface area contributed by atoms with Crippen LogP contribution >= 0.6 is 0 Å². The molecular formula is C12H20N2O. The van der Waals surface area contributed by atoms with Crippen LogP contribution in [0.2, 0.25) is 0 Å². The Hall–Kier alpha value is -0.800. The van der Waals surface area contributed by atoms with E-state index in [9.17, 15) is 0 Å². The van der Waals surface area contributed by atoms with Crippen molar-refractivity contribution in [1.82, 2.24) is 5.32 Å². The predicted octanol–water partition coefficient (Wildman–Crippen LogP) is 2.06. The molecule has 3 heteroatoms. The van der Waals surface area contributed by atoms with Crippen LogP contribution < -0.4 is 11.1 Å². The second-order valence-corrected chi connectivity index (χ2v) is 4.63. The standard InChI is InChI=1S/C12H20N2O/c1-9-2-3-11(6-9)14-12(7-13)10-4-5-15-8-10/h4-5,8-9,11-12,14H,2-3,6-7,13H2,1H3. The van der Waals surface area contributed by atoms with Gasteiger partial charge in [-0.05, 0) is 31.2 Å². The van der Waals surface area contributed by atoms with Crippen molar-refractivity contribution in [3.8, 4) is 0 Å². The molecule has 0 aliphatic heterocycles. The number of nitrogens with one attached hydrogen (secondary N) is 1. The largest absolute Gasteiger partial charge is 0.472 e. The minimum absolute atomic E-state index is 0.249. The van der Waals surface area contributed by atoms with Gasteiger partial charge in [0.25, 0.3) is 0 Å². The summed E-state index contributed by atoms with van der Waals surface area (Å²) >= 11 is 0. The molecule has 0 saturated heterocycles. The molecule has 3 atom stereocenters. The molecule has 84 valence electrons. The Morgan fingerprint density at radius 1 is 1.60 bits per heavy atom. The van der Waals surface area contributed by atoms with Crippen molar-refractivity contribution in [3.05, 3.63) is 24.2 Å². The topological polar surface area (TPSA) is 51.2 Å². The van der Waals surface area contributed by atoms with Gasteiger partial charge >= 0.3 is 0 Å². The third kappa shape index (κ3) is 2.61. The maximum atomic E-state index is 5.77. The van der Waals surface area contributed by atoms with Gasteiger partial charge in [-0.1, -0.05) is 6.92 Å². The fraction of sp³-hybridized carbons (Fsp3) is 0.667. The first-order valence-electron chi connectivity index (χ1n) is 5.77. The van der Waals surface area contributed by atoms with Crippen molar-refractivity contribution in [2.45, 2.75) is 38.3 Å². The van der Waals surface area contributed by atoms with Crippen molar-refractivity contribution in [2.75, 3.05) is 6.54 Å². The highest BCUT2D eigenvalue weighted by Crippen LogP contribution is 2.26. The lowest BCUT2D eigenvalue weighted by atomic mass is 10.1. The first kappa shape index (κ1) is 10.7. The number of rotatable bonds is 4. The molecule has 1 aliphatic carbocycles. The van der Waals surface area contributed by atoms with Crippen molar-refractivity contribution >= 4 is 0 Å². The third-order valence-corrected chi connectivity index (χ3v) is 3.31. The van der Waals surface area contributed by atoms with Crippen molar-refractivity contribution in [3.63, 3.8) is 0 Å². The van der Waals surface area contributed by atoms with E-state index < -0.39 is 0 Å². The van der Waals surface area contributed by atoms with Crippen molar-refractivity contribution in [2.24, 2.45) is 11.7 Å². The van der Waals surface area contributed by atoms with E-state index in [1.54, 1.807) is 12.5 Å². The van der Waals surface area contributed by atoms with Gasteiger partial charge in [-0.3, -0.25) is 0 Å². The predicted molar refractivity (Wildman–Crippen MR) is 60.4 cm³/mol. The molecule has 3 unspecified atom stereocenters. The summed E-state index contributed by atoms with van der Waals surface area (Å²) < 4.78 is 5.09. The molecular weight excluding hydrogens is 188 g/mol. The van der Waals surface area contributed by atoms with Gasteiger partial charge in [-0.2, -0.15) is 0 Å². The van der Waals surface area contributed by atoms with E-state index in [0.717, 1.165) is 11.5 Å². The van der Waals surface area contributed by atoms with Crippen molar-refractivity contribution < 1.29 is 4.42 Å². The van der Waals surface area contributed by atoms with E-state index in [0.29, 0.717) is 12.6 Å². The van der Waals surface area contributed by atoms with Gasteiger partial charge in [-0.25, -0.2) is 0 Å². The van der Waals surface area contributed by atoms with Crippen LogP contribution in [0.15, 0.2) is 23.0 Å². The normalized spacial score (nSPS) is 28.1. The van der Waals surface area contributed by atoms with Crippen LogP contribution in [0, 0.1) is 5.92 Å². The molecule has 0 aromatic carbocycles. The molecule has 1 aromatic heterocycles. The first-order valence-corrected chi connectivity index (χ1v) is 5.77. The molecule has 0 radical (unpaired) electrons. The zero-order valence-electron chi connectivity index (χ0n) is 9.28. The van der Waals surface area contributed by atoms with Gasteiger partial charge in [0, 0.05) is 24.2 Å². The second-order valence-electron chi connectivity index (χ2n) is 4.63. The molecule has 1 fully saturated rings. The number of nitrogens with two attached hydrogens (primary N) is 1. The average molecular weight is 208 g/mol. The fourth-order valence-electron chi connectivity index (χ4n) is 2.42. The summed E-state index contributed by atoms with van der Waals surface area (Å²) in [6, 6.07) is 2.87. The molecule has 3 N–H and O–H groups in total. The minimum atomic E-state index is 0.249. The summed E-state index contributed by atoms with van der Waals surface area (Å²) in [5.74, 6) is 0.852. The molecule has 0 spiro atoms. The zero-order chi connectivity index (χ0) is 10.7. The van der Waals surface area contributed by atoms with Crippen LogP contribution in [0.3, 0.4) is 0 Å². The fourth-order valence-corrected chi connectivity index (χ4v) is 2.42. The maximum Gasteiger partial charge on any atom is 0.0950 e. The lowest BCUT2D eigenvalue weighted by Gasteiger charge is -2.20. The Kier molecular flexibility index (Phi) is 3.44. The molecule has 2 rings (SSSR count). The van der Waals surface area contributed by atoms with Crippen molar-refractivity contribution in [1.29, 1.82) is 0 Å². The Labute approximate surface area is 91.0 Å². The first-order chi connectivity index (χ1) is 7.29. The molecule has 15 heavy (non-hydrogen) atoms. The zero-order valence-corrected chi connectivity index (χ0v) is 9.28. The quantitative estimate of drug-likeness (QED) is 0.796. The van der Waals surface area contributed by atoms with Gasteiger partial charge < -0.3 is 15.5 Å². The van der Waals surface area contributed by atoms with Crippen LogP contribution in [-0.2, 0) is 0 Å². The van der Waals surface area contributed by atoms with Gasteiger partial charge in [0.1, 0.15) is 0 Å². The maximum absolute atomic E-state index is 5.77. The smallest absolute Gasteiger partial charge is 0.0950 e. The van der Waals surface area contributed by atoms with E-state index in [4.69, 9.17) is 10.2 Å². The van der Waals surface area contributed by atoms with Crippen LogP contribution in [0.5, 0.6) is 0 Å². The average Bonchev–Trinajstić information content (AvgIpc) is 2.85. The van der Waals surface area contributed by atoms with Crippen LogP contribution in [0.4, 0.5) is 0 Å². The summed E-state index contributed by atoms with van der Waals surface area (Å²) in [6.45, 7) is 2.95. The lowest BCUT2D eigenvalue weighted by Crippen LogP contribution is -2.35. The molecule has 1 heterocycles. The highest BCUT2D eigenvalue weighted by Gasteiger charge is 2.23. The number of furan rings is 1. The lowest BCUT2D eigenvalue weighted by molar-refractivity contribution is 0.431. The van der Waals surface area contributed by atoms with E-state index in [-0.39, 0.29) is 6.04 Å². The van der Waals surface area contributed by atoms with Crippen LogP contribution in [0.1, 0.15) is 37.8 Å². The highest BCUT2D eigenvalue weighted by atomic mass is 16.3. The molecule has 3 nitrogen and oxygen atoms in total. The third-order valence-electron chi connectivity index (χ3n) is 3.31. The molecule has 0 amide bonds. The summed E-state index contributed by atoms with van der Waals surface area (Å²) in [5.41, 5.74) is 6.94. The van der Waals surface area contributed by atoms with Gasteiger partial charge in [0.15, 0.2) is 0 Å². The Bertz CT molecular complexity index is 284. The van der Waals surface area contributed by atoms with E-state index in [1.165, 1.54) is 19.3 Å². The Morgan fingerprint density at radius 3 is 3.00 bits per heavy atom. The summed E-state index contributed by atoms with van der Waals surface area (Å²) in [6.07, 6.45) is 7.37. The van der Waals surface area contributed by atoms with Gasteiger partial charge in [-0.15, -0.1) is 0 Å². The Balaban J connectivity index is 1.91. The summed E-state index contributed by atoms with van der Waals surface area (Å²) in [7, 11) is 0. The summed E-state index contributed by atoms with van der Waals surface area (Å²) in [5, 5.41) is 3.61. The highest BCUT2D eigenvalue weighted by molar-refractivity contribution is 5.12. The van der Waals surface area contributed by atoms with Gasteiger partial charge in [0.2, 0.25) is 0 Å². The van der Waals surface area contributed by atoms with Crippen LogP contribution in [0.25, 0.3) is 0 Å². The van der Waals surface area contributed by atoms with E-state index in [1.807, 2.05) is 6.07 Å². The molecule has 0 bridgehead atoms. The number of hydrogen-bond donors (Lipinski definition) is 2. The summed E-state index contributed by atoms with van der Waals surface area (Å²) in [4.78, 5) is 0. The monoisotopic (exact) mass is 208 g/mol. The second kappa shape index (κ2) is 4.81.